The number of benzene rings is 2. The van der Waals surface area contributed by atoms with Crippen molar-refractivity contribution in [1.82, 2.24) is 0 Å². The third kappa shape index (κ3) is 4.72. The number of allylic oxidation sites excluding steroid dienone is 1. The van der Waals surface area contributed by atoms with Crippen molar-refractivity contribution in [3.8, 4) is 5.75 Å². The van der Waals surface area contributed by atoms with Gasteiger partial charge >= 0.3 is 0 Å². The van der Waals surface area contributed by atoms with Crippen molar-refractivity contribution in [1.29, 1.82) is 0 Å². The van der Waals surface area contributed by atoms with Crippen LogP contribution in [0.15, 0.2) is 60.8 Å². The number of carbonyl (C=O) groups excluding carboxylic acids is 1. The zero-order valence-electron chi connectivity index (χ0n) is 14.8. The van der Waals surface area contributed by atoms with Crippen molar-refractivity contribution >= 4 is 11.5 Å². The van der Waals surface area contributed by atoms with E-state index in [1.165, 1.54) is 11.6 Å². The van der Waals surface area contributed by atoms with Gasteiger partial charge in [0.25, 0.3) is 0 Å². The first-order chi connectivity index (χ1) is 11.4. The molecule has 0 aliphatic rings. The van der Waals surface area contributed by atoms with E-state index < -0.39 is 0 Å². The lowest BCUT2D eigenvalue weighted by atomic mass is 9.86. The maximum Gasteiger partial charge on any atom is 0.187 e. The molecule has 0 amide bonds. The average molecular weight is 323 g/mol. The van der Waals surface area contributed by atoms with Gasteiger partial charge in [-0.3, -0.25) is 4.79 Å². The average Bonchev–Trinajstić information content (AvgIpc) is 2.56. The third-order valence-electron chi connectivity index (χ3n) is 3.70. The van der Waals surface area contributed by atoms with E-state index >= 15 is 0 Å². The van der Waals surface area contributed by atoms with Gasteiger partial charge in [-0.25, -0.2) is 0 Å². The molecule has 0 saturated heterocycles. The highest BCUT2D eigenvalue weighted by Crippen LogP contribution is 2.24. The van der Waals surface area contributed by atoms with Crippen molar-refractivity contribution in [3.05, 3.63) is 71.9 Å². The second-order valence-corrected chi connectivity index (χ2v) is 6.60. The van der Waals surface area contributed by atoms with Crippen LogP contribution in [0, 0.1) is 0 Å². The number of para-hydroxylation sites is 2. The highest BCUT2D eigenvalue weighted by Gasteiger charge is 2.13. The number of hydrogen-bond acceptors (Lipinski definition) is 3. The molecule has 0 radical (unpaired) electrons. The number of anilines is 1. The van der Waals surface area contributed by atoms with Gasteiger partial charge in [0.05, 0.1) is 12.3 Å². The molecule has 3 heteroatoms. The molecule has 0 saturated carbocycles. The van der Waals surface area contributed by atoms with E-state index in [2.05, 4.69) is 26.1 Å². The highest BCUT2D eigenvalue weighted by molar-refractivity contribution is 6.04. The first-order valence-corrected chi connectivity index (χ1v) is 8.21. The number of rotatable bonds is 6. The number of hydrogen-bond donors (Lipinski definition) is 1. The summed E-state index contributed by atoms with van der Waals surface area (Å²) in [6, 6.07) is 15.4. The van der Waals surface area contributed by atoms with Crippen molar-refractivity contribution < 1.29 is 9.53 Å². The van der Waals surface area contributed by atoms with Crippen LogP contribution < -0.4 is 10.1 Å². The van der Waals surface area contributed by atoms with Crippen LogP contribution in [0.4, 0.5) is 5.69 Å². The van der Waals surface area contributed by atoms with Crippen molar-refractivity contribution in [2.45, 2.75) is 33.1 Å². The standard InChI is InChI=1S/C21H25NO2/c1-5-24-20-9-7-6-8-18(20)22-15-14-19(23)16-10-12-17(13-11-16)21(2,3)4/h6-15,22H,5H2,1-4H3. The van der Waals surface area contributed by atoms with Crippen molar-refractivity contribution in [2.75, 3.05) is 11.9 Å². The summed E-state index contributed by atoms with van der Waals surface area (Å²) in [5.74, 6) is 0.739. The third-order valence-corrected chi connectivity index (χ3v) is 3.70. The zero-order valence-corrected chi connectivity index (χ0v) is 14.8. The molecule has 0 atom stereocenters. The SMILES string of the molecule is CCOc1ccccc1NC=CC(=O)c1ccc(C(C)(C)C)cc1. The summed E-state index contributed by atoms with van der Waals surface area (Å²) in [4.78, 5) is 12.2. The Morgan fingerprint density at radius 1 is 1.08 bits per heavy atom. The molecule has 0 aliphatic carbocycles. The van der Waals surface area contributed by atoms with E-state index in [1.54, 1.807) is 6.20 Å². The summed E-state index contributed by atoms with van der Waals surface area (Å²) >= 11 is 0. The van der Waals surface area contributed by atoms with Gasteiger partial charge in [-0.05, 0) is 30.0 Å². The van der Waals surface area contributed by atoms with Gasteiger partial charge in [-0.1, -0.05) is 57.2 Å². The Hall–Kier alpha value is -2.55. The maximum atomic E-state index is 12.2. The lowest BCUT2D eigenvalue weighted by molar-refractivity contribution is 0.104. The summed E-state index contributed by atoms with van der Waals surface area (Å²) in [7, 11) is 0. The highest BCUT2D eigenvalue weighted by atomic mass is 16.5. The number of ether oxygens (including phenoxy) is 1. The van der Waals surface area contributed by atoms with Crippen LogP contribution in [-0.4, -0.2) is 12.4 Å². The number of carbonyl (C=O) groups is 1. The topological polar surface area (TPSA) is 38.3 Å². The molecule has 126 valence electrons. The molecule has 2 rings (SSSR count). The Balaban J connectivity index is 2.03. The second kappa shape index (κ2) is 7.82. The molecule has 1 N–H and O–H groups in total. The second-order valence-electron chi connectivity index (χ2n) is 6.60. The van der Waals surface area contributed by atoms with Crippen LogP contribution in [0.3, 0.4) is 0 Å². The predicted octanol–water partition coefficient (Wildman–Crippen LogP) is 5.19. The van der Waals surface area contributed by atoms with Gasteiger partial charge in [0.1, 0.15) is 5.75 Å². The first-order valence-electron chi connectivity index (χ1n) is 8.21. The van der Waals surface area contributed by atoms with Gasteiger partial charge in [-0.2, -0.15) is 0 Å². The van der Waals surface area contributed by atoms with E-state index in [1.807, 2.05) is 55.5 Å². The number of ketones is 1. The van der Waals surface area contributed by atoms with Gasteiger partial charge in [0.15, 0.2) is 5.78 Å². The fourth-order valence-electron chi connectivity index (χ4n) is 2.31. The van der Waals surface area contributed by atoms with E-state index in [0.717, 1.165) is 11.4 Å². The number of nitrogens with one attached hydrogen (secondary N) is 1. The minimum Gasteiger partial charge on any atom is -0.492 e. The molecule has 2 aromatic rings. The Morgan fingerprint density at radius 2 is 1.75 bits per heavy atom. The van der Waals surface area contributed by atoms with Gasteiger partial charge in [0, 0.05) is 17.8 Å². The van der Waals surface area contributed by atoms with Crippen LogP contribution in [0.25, 0.3) is 0 Å². The maximum absolute atomic E-state index is 12.2. The van der Waals surface area contributed by atoms with Crippen LogP contribution in [0.2, 0.25) is 0 Å². The Kier molecular flexibility index (Phi) is 5.80. The van der Waals surface area contributed by atoms with E-state index in [4.69, 9.17) is 4.74 Å². The minimum absolute atomic E-state index is 0.0307. The molecule has 0 aromatic heterocycles. The van der Waals surface area contributed by atoms with Gasteiger partial charge in [0.2, 0.25) is 0 Å². The smallest absolute Gasteiger partial charge is 0.187 e. The summed E-state index contributed by atoms with van der Waals surface area (Å²) in [5, 5.41) is 3.11. The molecule has 3 nitrogen and oxygen atoms in total. The van der Waals surface area contributed by atoms with E-state index in [9.17, 15) is 4.79 Å². The molecular formula is C21H25NO2. The molecule has 0 bridgehead atoms. The van der Waals surface area contributed by atoms with E-state index in [0.29, 0.717) is 12.2 Å². The van der Waals surface area contributed by atoms with Crippen LogP contribution >= 0.6 is 0 Å². The van der Waals surface area contributed by atoms with Gasteiger partial charge < -0.3 is 10.1 Å². The molecular weight excluding hydrogens is 298 g/mol. The van der Waals surface area contributed by atoms with Gasteiger partial charge in [-0.15, -0.1) is 0 Å². The normalized spacial score (nSPS) is 11.5. The first kappa shape index (κ1) is 17.8. The molecule has 24 heavy (non-hydrogen) atoms. The molecule has 0 unspecified atom stereocenters. The summed E-state index contributed by atoms with van der Waals surface area (Å²) in [6.45, 7) is 9.01. The molecule has 0 aliphatic heterocycles. The molecule has 0 spiro atoms. The minimum atomic E-state index is -0.0307. The van der Waals surface area contributed by atoms with Crippen molar-refractivity contribution in [3.63, 3.8) is 0 Å². The van der Waals surface area contributed by atoms with Crippen LogP contribution in [-0.2, 0) is 5.41 Å². The lowest BCUT2D eigenvalue weighted by Gasteiger charge is -2.18. The fourth-order valence-corrected chi connectivity index (χ4v) is 2.31. The Morgan fingerprint density at radius 3 is 2.38 bits per heavy atom. The molecule has 2 aromatic carbocycles. The largest absolute Gasteiger partial charge is 0.492 e. The lowest BCUT2D eigenvalue weighted by Crippen LogP contribution is -2.11. The Labute approximate surface area is 144 Å². The van der Waals surface area contributed by atoms with E-state index in [-0.39, 0.29) is 11.2 Å². The quantitative estimate of drug-likeness (QED) is 0.587. The van der Waals surface area contributed by atoms with Crippen LogP contribution in [0.5, 0.6) is 5.75 Å². The molecule has 0 fully saturated rings. The monoisotopic (exact) mass is 323 g/mol. The predicted molar refractivity (Wildman–Crippen MR) is 99.8 cm³/mol. The summed E-state index contributed by atoms with van der Waals surface area (Å²) in [6.07, 6.45) is 3.19. The van der Waals surface area contributed by atoms with Crippen molar-refractivity contribution in [2.24, 2.45) is 0 Å². The van der Waals surface area contributed by atoms with Crippen LogP contribution in [0.1, 0.15) is 43.6 Å². The fraction of sp³-hybridized carbons (Fsp3) is 0.286. The molecule has 0 heterocycles. The Bertz CT molecular complexity index is 709. The summed E-state index contributed by atoms with van der Waals surface area (Å²) < 4.78 is 5.54. The zero-order chi connectivity index (χ0) is 17.6. The summed E-state index contributed by atoms with van der Waals surface area (Å²) in [5.41, 5.74) is 2.82.